The minimum atomic E-state index is -0.697. The first-order valence-corrected chi connectivity index (χ1v) is 6.49. The van der Waals surface area contributed by atoms with Crippen LogP contribution in [0, 0.1) is 0 Å². The summed E-state index contributed by atoms with van der Waals surface area (Å²) in [5, 5.41) is 2.80. The van der Waals surface area contributed by atoms with Crippen molar-refractivity contribution in [3.63, 3.8) is 0 Å². The Kier molecular flexibility index (Phi) is 6.26. The minimum absolute atomic E-state index is 0. The van der Waals surface area contributed by atoms with E-state index in [0.29, 0.717) is 30.4 Å². The van der Waals surface area contributed by atoms with Crippen LogP contribution in [0.1, 0.15) is 12.8 Å². The van der Waals surface area contributed by atoms with E-state index in [1.165, 1.54) is 0 Å². The van der Waals surface area contributed by atoms with Gasteiger partial charge in [-0.2, -0.15) is 0 Å². The van der Waals surface area contributed by atoms with Gasteiger partial charge in [0.05, 0.1) is 19.3 Å². The number of carbonyl (C=O) groups is 1. The molecule has 1 aliphatic carbocycles. The number of anilines is 1. The average Bonchev–Trinajstić information content (AvgIpc) is 3.19. The van der Waals surface area contributed by atoms with Crippen LogP contribution in [0.15, 0.2) is 18.2 Å². The van der Waals surface area contributed by atoms with Gasteiger partial charge >= 0.3 is 0 Å². The number of amides is 1. The zero-order valence-corrected chi connectivity index (χ0v) is 13.0. The summed E-state index contributed by atoms with van der Waals surface area (Å²) in [7, 11) is 3.17. The standard InChI is InChI=1S/C14H20N2O4.ClH/c1-18-7-8-20-12-9-10(3-4-11(12)19-2)16-13(17)14(15)5-6-14;/h3-4,9H,5-8,15H2,1-2H3,(H,16,17);1H. The molecular weight excluding hydrogens is 296 g/mol. The molecule has 118 valence electrons. The Balaban J connectivity index is 0.00000220. The molecule has 3 N–H and O–H groups in total. The van der Waals surface area contributed by atoms with Crippen molar-refractivity contribution >= 4 is 24.0 Å². The fourth-order valence-corrected chi connectivity index (χ4v) is 1.72. The van der Waals surface area contributed by atoms with E-state index in [9.17, 15) is 4.79 Å². The predicted molar refractivity (Wildman–Crippen MR) is 82.4 cm³/mol. The van der Waals surface area contributed by atoms with Crippen molar-refractivity contribution in [2.75, 3.05) is 32.8 Å². The van der Waals surface area contributed by atoms with Gasteiger partial charge in [0, 0.05) is 18.9 Å². The molecule has 0 unspecified atom stereocenters. The van der Waals surface area contributed by atoms with Gasteiger partial charge in [-0.1, -0.05) is 0 Å². The summed E-state index contributed by atoms with van der Waals surface area (Å²) in [5.74, 6) is 1.00. The molecule has 0 saturated heterocycles. The molecule has 7 heteroatoms. The molecule has 0 spiro atoms. The molecule has 0 aromatic heterocycles. The quantitative estimate of drug-likeness (QED) is 0.746. The van der Waals surface area contributed by atoms with Crippen molar-refractivity contribution in [1.82, 2.24) is 0 Å². The number of ether oxygens (including phenoxy) is 3. The van der Waals surface area contributed by atoms with E-state index in [4.69, 9.17) is 19.9 Å². The Hall–Kier alpha value is -1.50. The highest BCUT2D eigenvalue weighted by atomic mass is 35.5. The van der Waals surface area contributed by atoms with Gasteiger partial charge in [-0.15, -0.1) is 12.4 Å². The molecule has 1 aromatic carbocycles. The van der Waals surface area contributed by atoms with Gasteiger partial charge in [0.15, 0.2) is 11.5 Å². The summed E-state index contributed by atoms with van der Waals surface area (Å²) in [6, 6.07) is 5.22. The lowest BCUT2D eigenvalue weighted by Gasteiger charge is -2.14. The summed E-state index contributed by atoms with van der Waals surface area (Å²) in [4.78, 5) is 11.9. The van der Waals surface area contributed by atoms with Gasteiger partial charge in [0.2, 0.25) is 5.91 Å². The second kappa shape index (κ2) is 7.49. The van der Waals surface area contributed by atoms with E-state index < -0.39 is 5.54 Å². The maximum absolute atomic E-state index is 11.9. The lowest BCUT2D eigenvalue weighted by molar-refractivity contribution is -0.118. The van der Waals surface area contributed by atoms with Crippen molar-refractivity contribution < 1.29 is 19.0 Å². The molecule has 1 fully saturated rings. The molecule has 1 saturated carbocycles. The number of nitrogens with one attached hydrogen (secondary N) is 1. The SMILES string of the molecule is COCCOc1cc(NC(=O)C2(N)CC2)ccc1OC.Cl. The summed E-state index contributed by atoms with van der Waals surface area (Å²) in [6.45, 7) is 0.886. The third-order valence-corrected chi connectivity index (χ3v) is 3.21. The molecule has 6 nitrogen and oxygen atoms in total. The van der Waals surface area contributed by atoms with Gasteiger partial charge in [-0.05, 0) is 25.0 Å². The number of methoxy groups -OCH3 is 2. The van der Waals surface area contributed by atoms with Crippen LogP contribution in [0.4, 0.5) is 5.69 Å². The molecule has 0 bridgehead atoms. The number of hydrogen-bond acceptors (Lipinski definition) is 5. The van der Waals surface area contributed by atoms with Crippen molar-refractivity contribution in [2.24, 2.45) is 5.73 Å². The lowest BCUT2D eigenvalue weighted by Crippen LogP contribution is -2.37. The van der Waals surface area contributed by atoms with E-state index in [1.54, 1.807) is 32.4 Å². The maximum atomic E-state index is 11.9. The van der Waals surface area contributed by atoms with Crippen molar-refractivity contribution in [3.05, 3.63) is 18.2 Å². The second-order valence-electron chi connectivity index (χ2n) is 4.82. The summed E-state index contributed by atoms with van der Waals surface area (Å²) >= 11 is 0. The predicted octanol–water partition coefficient (Wildman–Crippen LogP) is 1.57. The maximum Gasteiger partial charge on any atom is 0.244 e. The van der Waals surface area contributed by atoms with E-state index >= 15 is 0 Å². The van der Waals surface area contributed by atoms with E-state index in [-0.39, 0.29) is 18.3 Å². The zero-order valence-electron chi connectivity index (χ0n) is 12.2. The van der Waals surface area contributed by atoms with E-state index in [0.717, 1.165) is 12.8 Å². The Morgan fingerprint density at radius 3 is 2.57 bits per heavy atom. The van der Waals surface area contributed by atoms with Gasteiger partial charge in [0.25, 0.3) is 0 Å². The van der Waals surface area contributed by atoms with Crippen molar-refractivity contribution in [3.8, 4) is 11.5 Å². The fourth-order valence-electron chi connectivity index (χ4n) is 1.72. The van der Waals surface area contributed by atoms with Crippen LogP contribution in [0.5, 0.6) is 11.5 Å². The van der Waals surface area contributed by atoms with Crippen molar-refractivity contribution in [2.45, 2.75) is 18.4 Å². The average molecular weight is 317 g/mol. The van der Waals surface area contributed by atoms with Crippen LogP contribution in [0.25, 0.3) is 0 Å². The number of rotatable bonds is 7. The topological polar surface area (TPSA) is 82.8 Å². The number of nitrogens with two attached hydrogens (primary N) is 1. The molecule has 1 aromatic rings. The molecule has 0 heterocycles. The van der Waals surface area contributed by atoms with Crippen LogP contribution < -0.4 is 20.5 Å². The van der Waals surface area contributed by atoms with E-state index in [2.05, 4.69) is 5.32 Å². The molecule has 1 aliphatic rings. The molecule has 2 rings (SSSR count). The molecule has 0 radical (unpaired) electrons. The molecule has 0 aliphatic heterocycles. The monoisotopic (exact) mass is 316 g/mol. The summed E-state index contributed by atoms with van der Waals surface area (Å²) < 4.78 is 15.7. The van der Waals surface area contributed by atoms with Gasteiger partial charge in [-0.3, -0.25) is 4.79 Å². The number of hydrogen-bond donors (Lipinski definition) is 2. The van der Waals surface area contributed by atoms with E-state index in [1.807, 2.05) is 0 Å². The highest BCUT2D eigenvalue weighted by Gasteiger charge is 2.45. The highest BCUT2D eigenvalue weighted by molar-refractivity contribution is 6.00. The molecular formula is C14H21ClN2O4. The Morgan fingerprint density at radius 1 is 1.29 bits per heavy atom. The van der Waals surface area contributed by atoms with Crippen LogP contribution in [-0.4, -0.2) is 38.9 Å². The Bertz CT molecular complexity index is 492. The Labute approximate surface area is 130 Å². The number of halogens is 1. The summed E-state index contributed by atoms with van der Waals surface area (Å²) in [6.07, 6.45) is 1.46. The largest absolute Gasteiger partial charge is 0.493 e. The third-order valence-electron chi connectivity index (χ3n) is 3.21. The van der Waals surface area contributed by atoms with Crippen LogP contribution in [0.3, 0.4) is 0 Å². The zero-order chi connectivity index (χ0) is 14.6. The van der Waals surface area contributed by atoms with Crippen molar-refractivity contribution in [1.29, 1.82) is 0 Å². The van der Waals surface area contributed by atoms with Crippen LogP contribution in [-0.2, 0) is 9.53 Å². The molecule has 0 atom stereocenters. The van der Waals surface area contributed by atoms with Gasteiger partial charge in [0.1, 0.15) is 6.61 Å². The third kappa shape index (κ3) is 4.49. The highest BCUT2D eigenvalue weighted by Crippen LogP contribution is 2.35. The normalized spacial score (nSPS) is 14.8. The van der Waals surface area contributed by atoms with Crippen LogP contribution >= 0.6 is 12.4 Å². The first-order valence-electron chi connectivity index (χ1n) is 6.49. The second-order valence-corrected chi connectivity index (χ2v) is 4.82. The van der Waals surface area contributed by atoms with Gasteiger partial charge in [-0.25, -0.2) is 0 Å². The summed E-state index contributed by atoms with van der Waals surface area (Å²) in [5.41, 5.74) is 5.79. The number of benzene rings is 1. The number of carbonyl (C=O) groups excluding carboxylic acids is 1. The fraction of sp³-hybridized carbons (Fsp3) is 0.500. The first-order chi connectivity index (χ1) is 9.59. The minimum Gasteiger partial charge on any atom is -0.493 e. The molecule has 21 heavy (non-hydrogen) atoms. The Morgan fingerprint density at radius 2 is 2.00 bits per heavy atom. The lowest BCUT2D eigenvalue weighted by atomic mass is 10.2. The smallest absolute Gasteiger partial charge is 0.244 e. The molecule has 1 amide bonds. The first kappa shape index (κ1) is 17.6. The van der Waals surface area contributed by atoms with Crippen LogP contribution in [0.2, 0.25) is 0 Å². The van der Waals surface area contributed by atoms with Gasteiger partial charge < -0.3 is 25.3 Å².